The van der Waals surface area contributed by atoms with Gasteiger partial charge in [0.2, 0.25) is 5.91 Å². The highest BCUT2D eigenvalue weighted by Gasteiger charge is 2.04. The Bertz CT molecular complexity index is 625. The molecule has 1 N–H and O–H groups in total. The number of nitrogens with one attached hydrogen (secondary N) is 1. The zero-order valence-electron chi connectivity index (χ0n) is 14.0. The monoisotopic (exact) mass is 327 g/mol. The van der Waals surface area contributed by atoms with Crippen LogP contribution in [0.25, 0.3) is 0 Å². The van der Waals surface area contributed by atoms with Gasteiger partial charge in [-0.2, -0.15) is 0 Å². The molecule has 0 saturated carbocycles. The fourth-order valence-corrected chi connectivity index (χ4v) is 3.35. The molecular weight excluding hydrogens is 302 g/mol. The Hall–Kier alpha value is -1.74. The smallest absolute Gasteiger partial charge is 0.230 e. The Morgan fingerprint density at radius 1 is 1.09 bits per heavy atom. The van der Waals surface area contributed by atoms with Gasteiger partial charge in [0.05, 0.1) is 5.75 Å². The summed E-state index contributed by atoms with van der Waals surface area (Å²) >= 11 is 1.68. The van der Waals surface area contributed by atoms with Crippen molar-refractivity contribution >= 4 is 17.7 Å². The summed E-state index contributed by atoms with van der Waals surface area (Å²) in [6, 6.07) is 16.9. The normalized spacial score (nSPS) is 10.5. The van der Waals surface area contributed by atoms with Crippen molar-refractivity contribution in [2.75, 3.05) is 12.3 Å². The maximum absolute atomic E-state index is 11.9. The third-order valence-corrected chi connectivity index (χ3v) is 4.78. The molecule has 0 aliphatic rings. The minimum atomic E-state index is 0.133. The molecule has 0 unspecified atom stereocenters. The highest BCUT2D eigenvalue weighted by Crippen LogP contribution is 2.17. The number of hydrogen-bond donors (Lipinski definition) is 1. The van der Waals surface area contributed by atoms with Crippen molar-refractivity contribution in [3.05, 3.63) is 70.8 Å². The molecule has 0 bridgehead atoms. The van der Waals surface area contributed by atoms with Crippen LogP contribution in [0.1, 0.15) is 28.7 Å². The van der Waals surface area contributed by atoms with Crippen molar-refractivity contribution in [2.24, 2.45) is 0 Å². The van der Waals surface area contributed by atoms with Gasteiger partial charge in [0, 0.05) is 12.3 Å². The molecule has 122 valence electrons. The number of hydrogen-bond acceptors (Lipinski definition) is 2. The van der Waals surface area contributed by atoms with E-state index in [9.17, 15) is 4.79 Å². The number of benzene rings is 2. The molecule has 0 aliphatic heterocycles. The van der Waals surface area contributed by atoms with Crippen molar-refractivity contribution in [3.8, 4) is 0 Å². The average Bonchev–Trinajstić information content (AvgIpc) is 2.56. The van der Waals surface area contributed by atoms with Crippen molar-refractivity contribution in [1.82, 2.24) is 5.32 Å². The highest BCUT2D eigenvalue weighted by molar-refractivity contribution is 7.99. The molecule has 0 aliphatic carbocycles. The Labute approximate surface area is 143 Å². The summed E-state index contributed by atoms with van der Waals surface area (Å²) in [4.78, 5) is 11.9. The van der Waals surface area contributed by atoms with Crippen LogP contribution in [0.15, 0.2) is 48.5 Å². The summed E-state index contributed by atoms with van der Waals surface area (Å²) in [5, 5.41) is 3.01. The number of rotatable bonds is 8. The molecule has 0 aromatic heterocycles. The van der Waals surface area contributed by atoms with E-state index >= 15 is 0 Å². The van der Waals surface area contributed by atoms with Gasteiger partial charge < -0.3 is 5.32 Å². The second-order valence-electron chi connectivity index (χ2n) is 5.86. The first-order valence-electron chi connectivity index (χ1n) is 8.09. The van der Waals surface area contributed by atoms with Crippen molar-refractivity contribution < 1.29 is 4.79 Å². The van der Waals surface area contributed by atoms with Crippen LogP contribution >= 0.6 is 11.8 Å². The molecule has 0 radical (unpaired) electrons. The van der Waals surface area contributed by atoms with Gasteiger partial charge in [-0.25, -0.2) is 0 Å². The van der Waals surface area contributed by atoms with Gasteiger partial charge in [-0.3, -0.25) is 4.79 Å². The molecule has 0 saturated heterocycles. The standard InChI is InChI=1S/C20H25NOS/c1-16-10-11-17(2)19(13-16)14-23-15-20(22)21-12-6-9-18-7-4-3-5-8-18/h3-5,7-8,10-11,13H,6,9,12,14-15H2,1-2H3,(H,21,22). The fraction of sp³-hybridized carbons (Fsp3) is 0.350. The van der Waals surface area contributed by atoms with Crippen molar-refractivity contribution in [3.63, 3.8) is 0 Å². The van der Waals surface area contributed by atoms with Crippen molar-refractivity contribution in [1.29, 1.82) is 0 Å². The second kappa shape index (κ2) is 9.41. The molecule has 23 heavy (non-hydrogen) atoms. The minimum Gasteiger partial charge on any atom is -0.355 e. The molecule has 0 atom stereocenters. The van der Waals surface area contributed by atoms with E-state index in [4.69, 9.17) is 0 Å². The Morgan fingerprint density at radius 3 is 2.65 bits per heavy atom. The molecule has 2 nitrogen and oxygen atoms in total. The number of carbonyl (C=O) groups excluding carboxylic acids is 1. The molecule has 1 amide bonds. The lowest BCUT2D eigenvalue weighted by Crippen LogP contribution is -2.26. The van der Waals surface area contributed by atoms with E-state index in [-0.39, 0.29) is 5.91 Å². The van der Waals surface area contributed by atoms with Gasteiger partial charge in [0.1, 0.15) is 0 Å². The predicted molar refractivity (Wildman–Crippen MR) is 99.9 cm³/mol. The molecular formula is C20H25NOS. The number of aryl methyl sites for hydroxylation is 3. The van der Waals surface area contributed by atoms with E-state index < -0.39 is 0 Å². The first-order valence-corrected chi connectivity index (χ1v) is 9.25. The number of thioether (sulfide) groups is 1. The van der Waals surface area contributed by atoms with Crippen LogP contribution in [0.5, 0.6) is 0 Å². The lowest BCUT2D eigenvalue weighted by Gasteiger charge is -2.08. The van der Waals surface area contributed by atoms with Gasteiger partial charge in [-0.1, -0.05) is 54.1 Å². The maximum Gasteiger partial charge on any atom is 0.230 e. The van der Waals surface area contributed by atoms with Crippen LogP contribution in [-0.2, 0) is 17.0 Å². The fourth-order valence-electron chi connectivity index (χ4n) is 2.43. The van der Waals surface area contributed by atoms with E-state index in [1.165, 1.54) is 22.3 Å². The summed E-state index contributed by atoms with van der Waals surface area (Å²) < 4.78 is 0. The maximum atomic E-state index is 11.9. The summed E-state index contributed by atoms with van der Waals surface area (Å²) in [6.07, 6.45) is 1.99. The molecule has 0 fully saturated rings. The molecule has 2 aromatic carbocycles. The minimum absolute atomic E-state index is 0.133. The zero-order valence-corrected chi connectivity index (χ0v) is 14.8. The highest BCUT2D eigenvalue weighted by atomic mass is 32.2. The average molecular weight is 327 g/mol. The predicted octanol–water partition coefficient (Wildman–Crippen LogP) is 4.29. The third-order valence-electron chi connectivity index (χ3n) is 3.80. The Kier molecular flexibility index (Phi) is 7.21. The van der Waals surface area contributed by atoms with Crippen LogP contribution in [0, 0.1) is 13.8 Å². The molecule has 0 spiro atoms. The van der Waals surface area contributed by atoms with Crippen LogP contribution in [0.2, 0.25) is 0 Å². The SMILES string of the molecule is Cc1ccc(C)c(CSCC(=O)NCCCc2ccccc2)c1. The summed E-state index contributed by atoms with van der Waals surface area (Å²) in [7, 11) is 0. The van der Waals surface area contributed by atoms with E-state index in [1.807, 2.05) is 6.07 Å². The van der Waals surface area contributed by atoms with E-state index in [1.54, 1.807) is 11.8 Å². The first kappa shape index (κ1) is 17.6. The quantitative estimate of drug-likeness (QED) is 0.733. The number of amides is 1. The van der Waals surface area contributed by atoms with Crippen molar-refractivity contribution in [2.45, 2.75) is 32.4 Å². The van der Waals surface area contributed by atoms with E-state index in [2.05, 4.69) is 61.6 Å². The Morgan fingerprint density at radius 2 is 1.87 bits per heavy atom. The molecule has 2 aromatic rings. The van der Waals surface area contributed by atoms with Crippen LogP contribution in [0.3, 0.4) is 0 Å². The van der Waals surface area contributed by atoms with E-state index in [0.29, 0.717) is 5.75 Å². The van der Waals surface area contributed by atoms with Gasteiger partial charge in [-0.05, 0) is 43.4 Å². The molecule has 0 heterocycles. The lowest BCUT2D eigenvalue weighted by atomic mass is 10.1. The van der Waals surface area contributed by atoms with E-state index in [0.717, 1.165) is 25.1 Å². The lowest BCUT2D eigenvalue weighted by molar-refractivity contribution is -0.118. The summed E-state index contributed by atoms with van der Waals surface area (Å²) in [5.41, 5.74) is 5.22. The van der Waals surface area contributed by atoms with Crippen LogP contribution in [0.4, 0.5) is 0 Å². The summed E-state index contributed by atoms with van der Waals surface area (Å²) in [6.45, 7) is 4.98. The topological polar surface area (TPSA) is 29.1 Å². The molecule has 3 heteroatoms. The third kappa shape index (κ3) is 6.49. The van der Waals surface area contributed by atoms with Gasteiger partial charge >= 0.3 is 0 Å². The van der Waals surface area contributed by atoms with Gasteiger partial charge in [0.25, 0.3) is 0 Å². The second-order valence-corrected chi connectivity index (χ2v) is 6.85. The molecule has 2 rings (SSSR count). The van der Waals surface area contributed by atoms with Gasteiger partial charge in [-0.15, -0.1) is 11.8 Å². The largest absolute Gasteiger partial charge is 0.355 e. The van der Waals surface area contributed by atoms with Gasteiger partial charge in [0.15, 0.2) is 0 Å². The number of carbonyl (C=O) groups is 1. The van der Waals surface area contributed by atoms with Crippen LogP contribution < -0.4 is 5.32 Å². The Balaban J connectivity index is 1.61. The zero-order chi connectivity index (χ0) is 16.5. The summed E-state index contributed by atoms with van der Waals surface area (Å²) in [5.74, 6) is 1.55. The first-order chi connectivity index (χ1) is 11.1. The van der Waals surface area contributed by atoms with Crippen LogP contribution in [-0.4, -0.2) is 18.2 Å².